The lowest BCUT2D eigenvalue weighted by molar-refractivity contribution is 0.0607. The second-order valence-electron chi connectivity index (χ2n) is 3.86. The Morgan fingerprint density at radius 1 is 1.19 bits per heavy atom. The second-order valence-corrected chi connectivity index (χ2v) is 4.78. The standard InChI is InChI=1S/C13H8F3NO3S/c1-20-13(19)11-9(2-3-21-11)17-12(18)6-4-7(14)10(16)8(15)5-6/h2-5H,1H3,(H,17,18). The molecule has 0 unspecified atom stereocenters. The molecular formula is C13H8F3NO3S. The number of thiophene rings is 1. The third-order valence-electron chi connectivity index (χ3n) is 2.53. The van der Waals surface area contributed by atoms with Crippen LogP contribution in [0.5, 0.6) is 0 Å². The molecule has 1 aromatic carbocycles. The number of benzene rings is 1. The van der Waals surface area contributed by atoms with E-state index in [2.05, 4.69) is 10.1 Å². The Morgan fingerprint density at radius 2 is 1.81 bits per heavy atom. The topological polar surface area (TPSA) is 55.4 Å². The molecule has 1 aromatic heterocycles. The van der Waals surface area contributed by atoms with Gasteiger partial charge in [-0.3, -0.25) is 4.79 Å². The van der Waals surface area contributed by atoms with Crippen molar-refractivity contribution in [2.45, 2.75) is 0 Å². The van der Waals surface area contributed by atoms with E-state index in [9.17, 15) is 22.8 Å². The molecule has 0 saturated heterocycles. The molecular weight excluding hydrogens is 307 g/mol. The fourth-order valence-corrected chi connectivity index (χ4v) is 2.31. The van der Waals surface area contributed by atoms with Gasteiger partial charge < -0.3 is 10.1 Å². The van der Waals surface area contributed by atoms with Crippen molar-refractivity contribution in [1.29, 1.82) is 0 Å². The van der Waals surface area contributed by atoms with Crippen LogP contribution in [0.25, 0.3) is 0 Å². The van der Waals surface area contributed by atoms with E-state index < -0.39 is 34.9 Å². The first-order valence-electron chi connectivity index (χ1n) is 5.55. The normalized spacial score (nSPS) is 10.3. The maximum Gasteiger partial charge on any atom is 0.350 e. The molecule has 0 spiro atoms. The van der Waals surface area contributed by atoms with Gasteiger partial charge in [-0.1, -0.05) is 0 Å². The van der Waals surface area contributed by atoms with Gasteiger partial charge in [-0.25, -0.2) is 18.0 Å². The molecule has 0 atom stereocenters. The number of amides is 1. The second kappa shape index (κ2) is 5.96. The Bertz CT molecular complexity index is 691. The largest absolute Gasteiger partial charge is 0.465 e. The van der Waals surface area contributed by atoms with Gasteiger partial charge in [0.1, 0.15) is 4.88 Å². The number of methoxy groups -OCH3 is 1. The van der Waals surface area contributed by atoms with E-state index in [-0.39, 0.29) is 10.6 Å². The minimum absolute atomic E-state index is 0.133. The van der Waals surface area contributed by atoms with Gasteiger partial charge in [0, 0.05) is 5.56 Å². The van der Waals surface area contributed by atoms with Crippen molar-refractivity contribution in [1.82, 2.24) is 0 Å². The zero-order chi connectivity index (χ0) is 15.6. The Hall–Kier alpha value is -2.35. The average molecular weight is 315 g/mol. The van der Waals surface area contributed by atoms with Crippen LogP contribution in [0.4, 0.5) is 18.9 Å². The first kappa shape index (κ1) is 15.0. The average Bonchev–Trinajstić information content (AvgIpc) is 2.91. The number of hydrogen-bond donors (Lipinski definition) is 1. The number of rotatable bonds is 3. The fraction of sp³-hybridized carbons (Fsp3) is 0.0769. The molecule has 4 nitrogen and oxygen atoms in total. The van der Waals surface area contributed by atoms with Gasteiger partial charge in [0.25, 0.3) is 5.91 Å². The summed E-state index contributed by atoms with van der Waals surface area (Å²) in [6, 6.07) is 2.57. The number of hydrogen-bond acceptors (Lipinski definition) is 4. The van der Waals surface area contributed by atoms with Gasteiger partial charge in [0.2, 0.25) is 0 Å². The maximum absolute atomic E-state index is 13.1. The molecule has 8 heteroatoms. The summed E-state index contributed by atoms with van der Waals surface area (Å²) in [5.41, 5.74) is -0.268. The first-order chi connectivity index (χ1) is 9.93. The summed E-state index contributed by atoms with van der Waals surface area (Å²) in [4.78, 5) is 23.4. The molecule has 1 heterocycles. The maximum atomic E-state index is 13.1. The summed E-state index contributed by atoms with van der Waals surface area (Å²) >= 11 is 1.03. The van der Waals surface area contributed by atoms with Crippen LogP contribution >= 0.6 is 11.3 Å². The fourth-order valence-electron chi connectivity index (χ4n) is 1.54. The van der Waals surface area contributed by atoms with E-state index in [1.807, 2.05) is 0 Å². The Balaban J connectivity index is 2.27. The zero-order valence-corrected chi connectivity index (χ0v) is 11.4. The Kier molecular flexibility index (Phi) is 4.27. The van der Waals surface area contributed by atoms with E-state index >= 15 is 0 Å². The highest BCUT2D eigenvalue weighted by Gasteiger charge is 2.19. The zero-order valence-electron chi connectivity index (χ0n) is 10.6. The Labute approximate surface area is 121 Å². The summed E-state index contributed by atoms with van der Waals surface area (Å²) in [6.45, 7) is 0. The van der Waals surface area contributed by atoms with Gasteiger partial charge in [0.15, 0.2) is 17.5 Å². The molecule has 0 saturated carbocycles. The number of ether oxygens (including phenoxy) is 1. The van der Waals surface area contributed by atoms with Crippen LogP contribution in [-0.2, 0) is 4.74 Å². The summed E-state index contributed by atoms with van der Waals surface area (Å²) in [7, 11) is 1.18. The van der Waals surface area contributed by atoms with Crippen molar-refractivity contribution in [3.8, 4) is 0 Å². The van der Waals surface area contributed by atoms with Gasteiger partial charge in [-0.15, -0.1) is 11.3 Å². The smallest absolute Gasteiger partial charge is 0.350 e. The van der Waals surface area contributed by atoms with Crippen molar-refractivity contribution in [2.75, 3.05) is 12.4 Å². The number of esters is 1. The minimum Gasteiger partial charge on any atom is -0.465 e. The highest BCUT2D eigenvalue weighted by Crippen LogP contribution is 2.24. The van der Waals surface area contributed by atoms with Crippen LogP contribution < -0.4 is 5.32 Å². The molecule has 0 radical (unpaired) electrons. The predicted molar refractivity (Wildman–Crippen MR) is 69.9 cm³/mol. The van der Waals surface area contributed by atoms with Crippen molar-refractivity contribution in [3.05, 3.63) is 51.5 Å². The molecule has 110 valence electrons. The van der Waals surface area contributed by atoms with Crippen molar-refractivity contribution < 1.29 is 27.5 Å². The van der Waals surface area contributed by atoms with Crippen LogP contribution in [0.2, 0.25) is 0 Å². The number of halogens is 3. The molecule has 2 rings (SSSR count). The Morgan fingerprint density at radius 3 is 2.38 bits per heavy atom. The van der Waals surface area contributed by atoms with Gasteiger partial charge >= 0.3 is 5.97 Å². The van der Waals surface area contributed by atoms with Gasteiger partial charge in [-0.2, -0.15) is 0 Å². The highest BCUT2D eigenvalue weighted by molar-refractivity contribution is 7.12. The van der Waals surface area contributed by atoms with E-state index in [4.69, 9.17) is 0 Å². The molecule has 2 aromatic rings. The summed E-state index contributed by atoms with van der Waals surface area (Å²) in [6.07, 6.45) is 0. The minimum atomic E-state index is -1.66. The van der Waals surface area contributed by atoms with E-state index in [0.29, 0.717) is 12.1 Å². The van der Waals surface area contributed by atoms with Crippen LogP contribution in [0.15, 0.2) is 23.6 Å². The number of carbonyl (C=O) groups is 2. The van der Waals surface area contributed by atoms with Crippen LogP contribution in [0, 0.1) is 17.5 Å². The molecule has 1 N–H and O–H groups in total. The molecule has 1 amide bonds. The predicted octanol–water partition coefficient (Wildman–Crippen LogP) is 3.20. The first-order valence-corrected chi connectivity index (χ1v) is 6.43. The van der Waals surface area contributed by atoms with Gasteiger partial charge in [-0.05, 0) is 23.6 Å². The van der Waals surface area contributed by atoms with Crippen LogP contribution in [0.3, 0.4) is 0 Å². The third kappa shape index (κ3) is 3.05. The van der Waals surface area contributed by atoms with E-state index in [1.54, 1.807) is 0 Å². The van der Waals surface area contributed by atoms with E-state index in [0.717, 1.165) is 11.3 Å². The molecule has 0 aliphatic carbocycles. The van der Waals surface area contributed by atoms with Crippen LogP contribution in [0.1, 0.15) is 20.0 Å². The number of carbonyl (C=O) groups excluding carboxylic acids is 2. The third-order valence-corrected chi connectivity index (χ3v) is 3.42. The van der Waals surface area contributed by atoms with Crippen LogP contribution in [-0.4, -0.2) is 19.0 Å². The summed E-state index contributed by atoms with van der Waals surface area (Å²) in [5.74, 6) is -6.14. The molecule has 0 aliphatic rings. The number of nitrogens with one attached hydrogen (secondary N) is 1. The molecule has 0 fully saturated rings. The molecule has 0 bridgehead atoms. The molecule has 21 heavy (non-hydrogen) atoms. The van der Waals surface area contributed by atoms with E-state index in [1.165, 1.54) is 18.6 Å². The summed E-state index contributed by atoms with van der Waals surface area (Å²) < 4.78 is 43.5. The van der Waals surface area contributed by atoms with Crippen molar-refractivity contribution >= 4 is 28.9 Å². The van der Waals surface area contributed by atoms with Crippen molar-refractivity contribution in [3.63, 3.8) is 0 Å². The number of anilines is 1. The quantitative estimate of drug-likeness (QED) is 0.699. The SMILES string of the molecule is COC(=O)c1sccc1NC(=O)c1cc(F)c(F)c(F)c1. The van der Waals surface area contributed by atoms with Gasteiger partial charge in [0.05, 0.1) is 12.8 Å². The van der Waals surface area contributed by atoms with Crippen molar-refractivity contribution in [2.24, 2.45) is 0 Å². The molecule has 0 aliphatic heterocycles. The monoisotopic (exact) mass is 315 g/mol. The lowest BCUT2D eigenvalue weighted by atomic mass is 10.2. The lowest BCUT2D eigenvalue weighted by Gasteiger charge is -2.06. The highest BCUT2D eigenvalue weighted by atomic mass is 32.1. The lowest BCUT2D eigenvalue weighted by Crippen LogP contribution is -2.15. The summed E-state index contributed by atoms with van der Waals surface area (Å²) in [5, 5.41) is 3.85.